The summed E-state index contributed by atoms with van der Waals surface area (Å²) in [5, 5.41) is 0. The first kappa shape index (κ1) is 14.4. The number of fused-ring (bicyclic) bond motifs is 2. The summed E-state index contributed by atoms with van der Waals surface area (Å²) < 4.78 is 16.7. The van der Waals surface area contributed by atoms with Crippen LogP contribution in [0, 0.1) is 0 Å². The third-order valence-electron chi connectivity index (χ3n) is 5.72. The zero-order chi connectivity index (χ0) is 16.1. The Kier molecular flexibility index (Phi) is 3.33. The van der Waals surface area contributed by atoms with Crippen LogP contribution in [0.2, 0.25) is 0 Å². The molecule has 6 nitrogen and oxygen atoms in total. The Morgan fingerprint density at radius 3 is 2.88 bits per heavy atom. The molecule has 0 unspecified atom stereocenters. The number of nitrogens with zero attached hydrogens (tertiary/aromatic N) is 2. The summed E-state index contributed by atoms with van der Waals surface area (Å²) in [4.78, 5) is 16.6. The molecule has 3 aliphatic heterocycles. The van der Waals surface area contributed by atoms with Crippen LogP contribution < -0.4 is 9.47 Å². The Bertz CT molecular complexity index is 658. The van der Waals surface area contributed by atoms with Crippen LogP contribution in [0.5, 0.6) is 11.5 Å². The van der Waals surface area contributed by atoms with E-state index in [9.17, 15) is 4.79 Å². The van der Waals surface area contributed by atoms with E-state index in [0.29, 0.717) is 12.8 Å². The standard InChI is InChI=1S/C18H22N2O4/c21-18-20(13-5-1-2-6-13)14-9-19(10-16(14)24-18)8-12-4-3-7-15-17(12)23-11-22-15/h3-4,7,13-14,16H,1-2,5-6,8-11H2/t14-,16+/m0/s1. The van der Waals surface area contributed by atoms with Crippen molar-refractivity contribution >= 4 is 6.09 Å². The van der Waals surface area contributed by atoms with Gasteiger partial charge in [-0.1, -0.05) is 25.0 Å². The molecule has 0 bridgehead atoms. The first-order valence-corrected chi connectivity index (χ1v) is 8.88. The highest BCUT2D eigenvalue weighted by Crippen LogP contribution is 2.38. The molecule has 2 atom stereocenters. The van der Waals surface area contributed by atoms with Crippen LogP contribution in [-0.2, 0) is 11.3 Å². The molecule has 1 aromatic rings. The van der Waals surface area contributed by atoms with Gasteiger partial charge in [0.2, 0.25) is 6.79 Å². The minimum atomic E-state index is -0.103. The van der Waals surface area contributed by atoms with Gasteiger partial charge in [-0.05, 0) is 18.9 Å². The number of benzene rings is 1. The van der Waals surface area contributed by atoms with Crippen molar-refractivity contribution in [1.82, 2.24) is 9.80 Å². The molecule has 4 aliphatic rings. The number of rotatable bonds is 3. The fourth-order valence-electron chi connectivity index (χ4n) is 4.63. The number of carbonyl (C=O) groups is 1. The summed E-state index contributed by atoms with van der Waals surface area (Å²) in [5.74, 6) is 1.69. The molecule has 2 saturated heterocycles. The van der Waals surface area contributed by atoms with Gasteiger partial charge in [-0.2, -0.15) is 0 Å². The van der Waals surface area contributed by atoms with Gasteiger partial charge in [0, 0.05) is 31.2 Å². The highest BCUT2D eigenvalue weighted by Gasteiger charge is 2.50. The molecule has 0 aromatic heterocycles. The molecule has 0 N–H and O–H groups in total. The maximum atomic E-state index is 12.2. The predicted octanol–water partition coefficient (Wildman–Crippen LogP) is 2.36. The lowest BCUT2D eigenvalue weighted by Gasteiger charge is -2.27. The van der Waals surface area contributed by atoms with Crippen LogP contribution in [0.25, 0.3) is 0 Å². The van der Waals surface area contributed by atoms with E-state index >= 15 is 0 Å². The van der Waals surface area contributed by atoms with Gasteiger partial charge >= 0.3 is 6.09 Å². The first-order valence-electron chi connectivity index (χ1n) is 8.88. The second-order valence-corrected chi connectivity index (χ2v) is 7.18. The highest BCUT2D eigenvalue weighted by atomic mass is 16.7. The van der Waals surface area contributed by atoms with Gasteiger partial charge in [0.05, 0.1) is 6.04 Å². The zero-order valence-electron chi connectivity index (χ0n) is 13.6. The molecule has 3 heterocycles. The third-order valence-corrected chi connectivity index (χ3v) is 5.72. The molecule has 1 amide bonds. The Labute approximate surface area is 141 Å². The summed E-state index contributed by atoms with van der Waals surface area (Å²) in [6, 6.07) is 6.61. The topological polar surface area (TPSA) is 51.2 Å². The first-order chi connectivity index (χ1) is 11.8. The number of hydrogen-bond acceptors (Lipinski definition) is 5. The molecule has 1 saturated carbocycles. The fourth-order valence-corrected chi connectivity index (χ4v) is 4.63. The molecule has 3 fully saturated rings. The summed E-state index contributed by atoms with van der Waals surface area (Å²) in [5.41, 5.74) is 1.14. The van der Waals surface area contributed by atoms with Crippen molar-refractivity contribution in [3.63, 3.8) is 0 Å². The number of ether oxygens (including phenoxy) is 3. The largest absolute Gasteiger partial charge is 0.454 e. The number of carbonyl (C=O) groups excluding carboxylic acids is 1. The van der Waals surface area contributed by atoms with Crippen molar-refractivity contribution in [1.29, 1.82) is 0 Å². The van der Waals surface area contributed by atoms with Gasteiger partial charge in [-0.15, -0.1) is 0 Å². The summed E-state index contributed by atoms with van der Waals surface area (Å²) >= 11 is 0. The Hall–Kier alpha value is -1.95. The lowest BCUT2D eigenvalue weighted by Crippen LogP contribution is -2.43. The second-order valence-electron chi connectivity index (χ2n) is 7.18. The van der Waals surface area contributed by atoms with E-state index in [1.807, 2.05) is 17.0 Å². The van der Waals surface area contributed by atoms with Crippen LogP contribution in [0.3, 0.4) is 0 Å². The van der Waals surface area contributed by atoms with E-state index in [1.165, 1.54) is 12.8 Å². The van der Waals surface area contributed by atoms with E-state index in [2.05, 4.69) is 11.0 Å². The van der Waals surface area contributed by atoms with Crippen molar-refractivity contribution in [3.8, 4) is 11.5 Å². The van der Waals surface area contributed by atoms with E-state index in [4.69, 9.17) is 14.2 Å². The summed E-state index contributed by atoms with van der Waals surface area (Å²) in [6.45, 7) is 2.77. The van der Waals surface area contributed by atoms with E-state index in [0.717, 1.165) is 49.5 Å². The molecule has 128 valence electrons. The molecule has 0 radical (unpaired) electrons. The maximum Gasteiger partial charge on any atom is 0.410 e. The van der Waals surface area contributed by atoms with Crippen LogP contribution in [0.4, 0.5) is 4.79 Å². The number of para-hydroxylation sites is 1. The van der Waals surface area contributed by atoms with Crippen LogP contribution in [0.15, 0.2) is 18.2 Å². The average Bonchev–Trinajstić information content (AvgIpc) is 3.30. The number of hydrogen-bond donors (Lipinski definition) is 0. The highest BCUT2D eigenvalue weighted by molar-refractivity contribution is 5.71. The van der Waals surface area contributed by atoms with Gasteiger partial charge in [-0.25, -0.2) is 4.79 Å². The Morgan fingerprint density at radius 1 is 1.12 bits per heavy atom. The van der Waals surface area contributed by atoms with Gasteiger partial charge in [0.25, 0.3) is 0 Å². The second kappa shape index (κ2) is 5.55. The lowest BCUT2D eigenvalue weighted by molar-refractivity contribution is 0.113. The maximum absolute atomic E-state index is 12.2. The van der Waals surface area contributed by atoms with Gasteiger partial charge in [-0.3, -0.25) is 9.80 Å². The molecule has 5 rings (SSSR count). The molecule has 1 aliphatic carbocycles. The fraction of sp³-hybridized carbons (Fsp3) is 0.611. The van der Waals surface area contributed by atoms with Crippen molar-refractivity contribution in [2.75, 3.05) is 19.9 Å². The molecule has 0 spiro atoms. The molecular formula is C18H22N2O4. The zero-order valence-corrected chi connectivity index (χ0v) is 13.6. The van der Waals surface area contributed by atoms with E-state index in [-0.39, 0.29) is 18.2 Å². The molecular weight excluding hydrogens is 308 g/mol. The monoisotopic (exact) mass is 330 g/mol. The van der Waals surface area contributed by atoms with Gasteiger partial charge in [0.1, 0.15) is 6.10 Å². The van der Waals surface area contributed by atoms with Gasteiger partial charge < -0.3 is 14.2 Å². The number of likely N-dealkylation sites (tertiary alicyclic amines) is 1. The normalized spacial score (nSPS) is 29.3. The molecule has 24 heavy (non-hydrogen) atoms. The van der Waals surface area contributed by atoms with E-state index < -0.39 is 0 Å². The third kappa shape index (κ3) is 2.24. The van der Waals surface area contributed by atoms with Crippen molar-refractivity contribution < 1.29 is 19.0 Å². The lowest BCUT2D eigenvalue weighted by atomic mass is 10.1. The molecule has 6 heteroatoms. The Balaban J connectivity index is 1.31. The minimum Gasteiger partial charge on any atom is -0.454 e. The van der Waals surface area contributed by atoms with E-state index in [1.54, 1.807) is 0 Å². The SMILES string of the molecule is O=C1O[C@@H]2CN(Cc3cccc4c3OCO4)C[C@@H]2N1C1CCCC1. The quantitative estimate of drug-likeness (QED) is 0.851. The summed E-state index contributed by atoms with van der Waals surface area (Å²) in [6.07, 6.45) is 4.60. The van der Waals surface area contributed by atoms with Crippen LogP contribution in [-0.4, -0.2) is 54.0 Å². The van der Waals surface area contributed by atoms with Crippen molar-refractivity contribution in [3.05, 3.63) is 23.8 Å². The van der Waals surface area contributed by atoms with Crippen molar-refractivity contribution in [2.45, 2.75) is 50.4 Å². The minimum absolute atomic E-state index is 0.00651. The van der Waals surface area contributed by atoms with Crippen LogP contribution >= 0.6 is 0 Å². The summed E-state index contributed by atoms with van der Waals surface area (Å²) in [7, 11) is 0. The smallest absolute Gasteiger partial charge is 0.410 e. The Morgan fingerprint density at radius 2 is 2.00 bits per heavy atom. The van der Waals surface area contributed by atoms with Crippen LogP contribution in [0.1, 0.15) is 31.2 Å². The van der Waals surface area contributed by atoms with Gasteiger partial charge in [0.15, 0.2) is 11.5 Å². The molecule has 1 aromatic carbocycles. The van der Waals surface area contributed by atoms with Crippen molar-refractivity contribution in [2.24, 2.45) is 0 Å². The number of amides is 1. The predicted molar refractivity (Wildman–Crippen MR) is 86.0 cm³/mol. The average molecular weight is 330 g/mol.